The molecule has 2 rings (SSSR count). The SMILES string of the molecule is O=c1cc(C(F)(F)F)c2ccc(NCC(O)CO)cc2o1. The summed E-state index contributed by atoms with van der Waals surface area (Å²) in [5.74, 6) is 0. The van der Waals surface area contributed by atoms with Gasteiger partial charge in [0.2, 0.25) is 0 Å². The van der Waals surface area contributed by atoms with E-state index in [0.29, 0.717) is 11.8 Å². The van der Waals surface area contributed by atoms with E-state index in [2.05, 4.69) is 5.32 Å². The van der Waals surface area contributed by atoms with Crippen LogP contribution in [0.2, 0.25) is 0 Å². The van der Waals surface area contributed by atoms with Crippen LogP contribution in [0.25, 0.3) is 11.0 Å². The lowest BCUT2D eigenvalue weighted by atomic mass is 10.1. The summed E-state index contributed by atoms with van der Waals surface area (Å²) in [6, 6.07) is 4.18. The lowest BCUT2D eigenvalue weighted by molar-refractivity contribution is -0.136. The number of benzene rings is 1. The second-order valence-corrected chi connectivity index (χ2v) is 4.41. The molecule has 3 N–H and O–H groups in total. The maximum absolute atomic E-state index is 12.8. The second-order valence-electron chi connectivity index (χ2n) is 4.41. The quantitative estimate of drug-likeness (QED) is 0.747. The van der Waals surface area contributed by atoms with Crippen LogP contribution in [-0.4, -0.2) is 29.5 Å². The molecule has 114 valence electrons. The molecule has 0 aliphatic carbocycles. The number of fused-ring (bicyclic) bond motifs is 1. The second kappa shape index (κ2) is 5.74. The van der Waals surface area contributed by atoms with Crippen molar-refractivity contribution in [2.45, 2.75) is 12.3 Å². The van der Waals surface area contributed by atoms with Gasteiger partial charge in [0.25, 0.3) is 0 Å². The molecule has 5 nitrogen and oxygen atoms in total. The third kappa shape index (κ3) is 3.53. The molecule has 0 spiro atoms. The molecule has 0 radical (unpaired) electrons. The molecule has 0 aliphatic heterocycles. The third-order valence-corrected chi connectivity index (χ3v) is 2.80. The van der Waals surface area contributed by atoms with Crippen LogP contribution in [0.1, 0.15) is 5.56 Å². The summed E-state index contributed by atoms with van der Waals surface area (Å²) in [5, 5.41) is 20.4. The minimum absolute atomic E-state index is 0.00516. The Balaban J connectivity index is 2.42. The molecule has 8 heteroatoms. The molecule has 1 unspecified atom stereocenters. The highest BCUT2D eigenvalue weighted by Gasteiger charge is 2.33. The predicted molar refractivity (Wildman–Crippen MR) is 69.1 cm³/mol. The first-order valence-corrected chi connectivity index (χ1v) is 5.99. The first-order valence-electron chi connectivity index (χ1n) is 5.99. The van der Waals surface area contributed by atoms with Crippen molar-refractivity contribution >= 4 is 16.7 Å². The highest BCUT2D eigenvalue weighted by molar-refractivity contribution is 5.83. The van der Waals surface area contributed by atoms with Crippen LogP contribution in [-0.2, 0) is 6.18 Å². The van der Waals surface area contributed by atoms with Gasteiger partial charge in [0, 0.05) is 29.8 Å². The number of halogens is 3. The predicted octanol–water partition coefficient (Wildman–Crippen LogP) is 1.58. The Morgan fingerprint density at radius 1 is 1.29 bits per heavy atom. The zero-order valence-electron chi connectivity index (χ0n) is 10.6. The summed E-state index contributed by atoms with van der Waals surface area (Å²) in [6.07, 6.45) is -5.66. The standard InChI is InChI=1S/C13H12F3NO4/c14-13(15,16)10-4-12(20)21-11-3-7(1-2-9(10)11)17-5-8(19)6-18/h1-4,8,17-19H,5-6H2. The van der Waals surface area contributed by atoms with Crippen molar-refractivity contribution in [2.75, 3.05) is 18.5 Å². The molecular weight excluding hydrogens is 291 g/mol. The van der Waals surface area contributed by atoms with Gasteiger partial charge in [-0.3, -0.25) is 0 Å². The summed E-state index contributed by atoms with van der Waals surface area (Å²) in [5.41, 5.74) is -2.01. The fraction of sp³-hybridized carbons (Fsp3) is 0.308. The van der Waals surface area contributed by atoms with Crippen LogP contribution in [0, 0.1) is 0 Å². The summed E-state index contributed by atoms with van der Waals surface area (Å²) in [4.78, 5) is 11.2. The van der Waals surface area contributed by atoms with E-state index in [9.17, 15) is 23.1 Å². The number of aliphatic hydroxyl groups is 2. The minimum atomic E-state index is -4.66. The number of aliphatic hydroxyl groups excluding tert-OH is 2. The van der Waals surface area contributed by atoms with Gasteiger partial charge in [-0.25, -0.2) is 4.79 Å². The van der Waals surface area contributed by atoms with Crippen LogP contribution in [0.3, 0.4) is 0 Å². The molecular formula is C13H12F3NO4. The maximum atomic E-state index is 12.8. The number of anilines is 1. The maximum Gasteiger partial charge on any atom is 0.417 e. The van der Waals surface area contributed by atoms with Gasteiger partial charge in [0.05, 0.1) is 18.3 Å². The van der Waals surface area contributed by atoms with E-state index in [-0.39, 0.29) is 17.5 Å². The van der Waals surface area contributed by atoms with E-state index >= 15 is 0 Å². The molecule has 21 heavy (non-hydrogen) atoms. The van der Waals surface area contributed by atoms with Gasteiger partial charge in [-0.15, -0.1) is 0 Å². The zero-order chi connectivity index (χ0) is 15.6. The lowest BCUT2D eigenvalue weighted by Gasteiger charge is -2.12. The number of nitrogens with one attached hydrogen (secondary N) is 1. The first-order chi connectivity index (χ1) is 9.81. The van der Waals surface area contributed by atoms with Crippen molar-refractivity contribution in [1.82, 2.24) is 0 Å². The summed E-state index contributed by atoms with van der Waals surface area (Å²) < 4.78 is 43.3. The van der Waals surface area contributed by atoms with E-state index in [0.717, 1.165) is 0 Å². The van der Waals surface area contributed by atoms with Crippen LogP contribution in [0.15, 0.2) is 33.5 Å². The molecule has 0 fully saturated rings. The Bertz CT molecular complexity index is 696. The van der Waals surface area contributed by atoms with Gasteiger partial charge in [-0.05, 0) is 12.1 Å². The Hall–Kier alpha value is -2.06. The normalized spacial score (nSPS) is 13.4. The molecule has 1 aromatic heterocycles. The van der Waals surface area contributed by atoms with Crippen LogP contribution in [0.5, 0.6) is 0 Å². The van der Waals surface area contributed by atoms with Crippen LogP contribution < -0.4 is 10.9 Å². The first kappa shape index (κ1) is 15.3. The van der Waals surface area contributed by atoms with E-state index in [1.54, 1.807) is 0 Å². The molecule has 0 aliphatic rings. The number of hydrogen-bond donors (Lipinski definition) is 3. The van der Waals surface area contributed by atoms with Crippen molar-refractivity contribution in [3.63, 3.8) is 0 Å². The van der Waals surface area contributed by atoms with Crippen molar-refractivity contribution in [1.29, 1.82) is 0 Å². The van der Waals surface area contributed by atoms with E-state index in [1.807, 2.05) is 0 Å². The molecule has 0 saturated carbocycles. The summed E-state index contributed by atoms with van der Waals surface area (Å²) >= 11 is 0. The molecule has 0 bridgehead atoms. The van der Waals surface area contributed by atoms with Crippen molar-refractivity contribution in [3.05, 3.63) is 40.2 Å². The highest BCUT2D eigenvalue weighted by atomic mass is 19.4. The van der Waals surface area contributed by atoms with Gasteiger partial charge >= 0.3 is 11.8 Å². The fourth-order valence-electron chi connectivity index (χ4n) is 1.81. The molecule has 1 aromatic carbocycles. The molecule has 2 aromatic rings. The number of rotatable bonds is 4. The van der Waals surface area contributed by atoms with Crippen molar-refractivity contribution in [2.24, 2.45) is 0 Å². The molecule has 0 saturated heterocycles. The Morgan fingerprint density at radius 3 is 2.62 bits per heavy atom. The van der Waals surface area contributed by atoms with Gasteiger partial charge in [-0.2, -0.15) is 13.2 Å². The average Bonchev–Trinajstić information content (AvgIpc) is 2.42. The van der Waals surface area contributed by atoms with E-state index in [4.69, 9.17) is 9.52 Å². The van der Waals surface area contributed by atoms with Crippen LogP contribution in [0.4, 0.5) is 18.9 Å². The molecule has 1 atom stereocenters. The van der Waals surface area contributed by atoms with Gasteiger partial charge in [-0.1, -0.05) is 0 Å². The van der Waals surface area contributed by atoms with Gasteiger partial charge in [0.1, 0.15) is 5.58 Å². The van der Waals surface area contributed by atoms with Crippen molar-refractivity contribution in [3.8, 4) is 0 Å². The van der Waals surface area contributed by atoms with E-state index in [1.165, 1.54) is 18.2 Å². The smallest absolute Gasteiger partial charge is 0.417 e. The third-order valence-electron chi connectivity index (χ3n) is 2.80. The topological polar surface area (TPSA) is 82.7 Å². The summed E-state index contributed by atoms with van der Waals surface area (Å²) in [7, 11) is 0. The van der Waals surface area contributed by atoms with E-state index < -0.39 is 30.1 Å². The average molecular weight is 303 g/mol. The zero-order valence-corrected chi connectivity index (χ0v) is 10.6. The summed E-state index contributed by atoms with van der Waals surface area (Å²) in [6.45, 7) is -0.445. The highest BCUT2D eigenvalue weighted by Crippen LogP contribution is 2.34. The monoisotopic (exact) mass is 303 g/mol. The fourth-order valence-corrected chi connectivity index (χ4v) is 1.81. The number of hydrogen-bond acceptors (Lipinski definition) is 5. The number of alkyl halides is 3. The Kier molecular flexibility index (Phi) is 4.19. The molecule has 1 heterocycles. The van der Waals surface area contributed by atoms with Gasteiger partial charge < -0.3 is 19.9 Å². The Morgan fingerprint density at radius 2 is 2.00 bits per heavy atom. The minimum Gasteiger partial charge on any atom is -0.423 e. The van der Waals surface area contributed by atoms with Crippen LogP contribution >= 0.6 is 0 Å². The Labute approximate surface area is 116 Å². The van der Waals surface area contributed by atoms with Crippen molar-refractivity contribution < 1.29 is 27.8 Å². The van der Waals surface area contributed by atoms with Gasteiger partial charge in [0.15, 0.2) is 0 Å². The molecule has 0 amide bonds. The largest absolute Gasteiger partial charge is 0.423 e. The lowest BCUT2D eigenvalue weighted by Crippen LogP contribution is -2.22.